The third-order valence-corrected chi connectivity index (χ3v) is 5.45. The summed E-state index contributed by atoms with van der Waals surface area (Å²) in [5.41, 5.74) is 1.33. The summed E-state index contributed by atoms with van der Waals surface area (Å²) in [5.74, 6) is 1.76. The van der Waals surface area contributed by atoms with Crippen molar-refractivity contribution in [3.05, 3.63) is 48.3 Å². The lowest BCUT2D eigenvalue weighted by molar-refractivity contribution is -0.0249. The van der Waals surface area contributed by atoms with E-state index in [4.69, 9.17) is 4.74 Å². The van der Waals surface area contributed by atoms with Crippen LogP contribution >= 0.6 is 0 Å². The first kappa shape index (κ1) is 16.7. The molecule has 4 rings (SSSR count). The van der Waals surface area contributed by atoms with Crippen LogP contribution in [-0.4, -0.2) is 63.2 Å². The number of aryl methyl sites for hydroxylation is 1. The molecule has 0 aliphatic carbocycles. The van der Waals surface area contributed by atoms with Crippen molar-refractivity contribution in [2.75, 3.05) is 32.8 Å². The summed E-state index contributed by atoms with van der Waals surface area (Å²) < 4.78 is 8.34. The van der Waals surface area contributed by atoms with Crippen molar-refractivity contribution in [3.63, 3.8) is 0 Å². The summed E-state index contributed by atoms with van der Waals surface area (Å²) in [6, 6.07) is 4.22. The fourth-order valence-electron chi connectivity index (χ4n) is 3.97. The topological polar surface area (TPSA) is 46.4 Å². The van der Waals surface area contributed by atoms with E-state index in [1.807, 2.05) is 24.8 Å². The van der Waals surface area contributed by atoms with Gasteiger partial charge < -0.3 is 9.30 Å². The van der Waals surface area contributed by atoms with Crippen LogP contribution in [0.5, 0.6) is 0 Å². The van der Waals surface area contributed by atoms with Crippen LogP contribution in [0, 0.1) is 5.92 Å². The van der Waals surface area contributed by atoms with Gasteiger partial charge in [0, 0.05) is 63.9 Å². The highest BCUT2D eigenvalue weighted by atomic mass is 16.5. The van der Waals surface area contributed by atoms with Gasteiger partial charge in [-0.3, -0.25) is 14.8 Å². The summed E-state index contributed by atoms with van der Waals surface area (Å²) in [7, 11) is 2.06. The zero-order valence-corrected chi connectivity index (χ0v) is 14.9. The first-order chi connectivity index (χ1) is 12.3. The highest BCUT2D eigenvalue weighted by Crippen LogP contribution is 2.25. The van der Waals surface area contributed by atoms with Gasteiger partial charge in [0.25, 0.3) is 0 Å². The molecule has 0 aromatic carbocycles. The quantitative estimate of drug-likeness (QED) is 0.844. The molecule has 0 bridgehead atoms. The molecule has 4 heterocycles. The van der Waals surface area contributed by atoms with Crippen molar-refractivity contribution in [2.45, 2.75) is 25.6 Å². The number of fused-ring (bicyclic) bond motifs is 1. The number of likely N-dealkylation sites (tertiary alicyclic amines) is 1. The first-order valence-corrected chi connectivity index (χ1v) is 9.19. The van der Waals surface area contributed by atoms with E-state index in [-0.39, 0.29) is 0 Å². The highest BCUT2D eigenvalue weighted by molar-refractivity contribution is 5.09. The minimum Gasteiger partial charge on any atom is -0.375 e. The zero-order chi connectivity index (χ0) is 17.1. The van der Waals surface area contributed by atoms with Crippen molar-refractivity contribution < 1.29 is 4.74 Å². The van der Waals surface area contributed by atoms with Gasteiger partial charge in [0.1, 0.15) is 5.82 Å². The molecule has 0 N–H and O–H groups in total. The highest BCUT2D eigenvalue weighted by Gasteiger charge is 2.33. The molecule has 2 aliphatic heterocycles. The third-order valence-electron chi connectivity index (χ3n) is 5.45. The van der Waals surface area contributed by atoms with E-state index >= 15 is 0 Å². The van der Waals surface area contributed by atoms with Crippen LogP contribution in [0.3, 0.4) is 0 Å². The van der Waals surface area contributed by atoms with Gasteiger partial charge in [-0.15, -0.1) is 0 Å². The summed E-state index contributed by atoms with van der Waals surface area (Å²) in [6.07, 6.45) is 9.19. The molecule has 6 nitrogen and oxygen atoms in total. The van der Waals surface area contributed by atoms with Crippen LogP contribution in [0.25, 0.3) is 0 Å². The summed E-state index contributed by atoms with van der Waals surface area (Å²) in [6.45, 7) is 7.00. The van der Waals surface area contributed by atoms with Crippen molar-refractivity contribution in [2.24, 2.45) is 13.0 Å². The summed E-state index contributed by atoms with van der Waals surface area (Å²) in [4.78, 5) is 13.6. The average Bonchev–Trinajstić information content (AvgIpc) is 2.91. The largest absolute Gasteiger partial charge is 0.375 e. The number of hydrogen-bond donors (Lipinski definition) is 0. The molecule has 0 radical (unpaired) electrons. The molecule has 2 saturated heterocycles. The minimum absolute atomic E-state index is 0.344. The van der Waals surface area contributed by atoms with Crippen molar-refractivity contribution in [1.29, 1.82) is 0 Å². The molecule has 25 heavy (non-hydrogen) atoms. The molecule has 0 unspecified atom stereocenters. The van der Waals surface area contributed by atoms with E-state index in [9.17, 15) is 0 Å². The van der Waals surface area contributed by atoms with Gasteiger partial charge in [-0.1, -0.05) is 0 Å². The molecule has 134 valence electrons. The number of ether oxygens (including phenoxy) is 1. The van der Waals surface area contributed by atoms with Gasteiger partial charge in [0.15, 0.2) is 0 Å². The number of imidazole rings is 1. The maximum atomic E-state index is 6.23. The van der Waals surface area contributed by atoms with Crippen molar-refractivity contribution in [3.8, 4) is 0 Å². The van der Waals surface area contributed by atoms with Gasteiger partial charge in [0.2, 0.25) is 0 Å². The monoisotopic (exact) mass is 341 g/mol. The molecule has 2 aliphatic rings. The van der Waals surface area contributed by atoms with Crippen LogP contribution in [0.4, 0.5) is 0 Å². The molecule has 2 aromatic rings. The number of hydrogen-bond acceptors (Lipinski definition) is 5. The van der Waals surface area contributed by atoms with E-state index in [2.05, 4.69) is 43.5 Å². The third kappa shape index (κ3) is 4.08. The predicted molar refractivity (Wildman–Crippen MR) is 95.8 cm³/mol. The second kappa shape index (κ2) is 7.64. The SMILES string of the molecule is Cn1ccnc1CN1CC[C@H]2CN(Cc3ccncc3)CCO[C@H]2C1. The Morgan fingerprint density at radius 3 is 2.72 bits per heavy atom. The lowest BCUT2D eigenvalue weighted by atomic mass is 9.93. The molecule has 6 heteroatoms. The Hall–Kier alpha value is -1.76. The van der Waals surface area contributed by atoms with E-state index in [1.54, 1.807) is 0 Å². The van der Waals surface area contributed by atoms with Gasteiger partial charge in [-0.2, -0.15) is 0 Å². The van der Waals surface area contributed by atoms with Crippen LogP contribution in [-0.2, 0) is 24.9 Å². The lowest BCUT2D eigenvalue weighted by Gasteiger charge is -2.37. The Labute approximate surface area is 149 Å². The van der Waals surface area contributed by atoms with Crippen molar-refractivity contribution in [1.82, 2.24) is 24.3 Å². The minimum atomic E-state index is 0.344. The van der Waals surface area contributed by atoms with Gasteiger partial charge in [0.05, 0.1) is 19.3 Å². The second-order valence-electron chi connectivity index (χ2n) is 7.24. The fraction of sp³-hybridized carbons (Fsp3) is 0.579. The van der Waals surface area contributed by atoms with Crippen LogP contribution in [0.2, 0.25) is 0 Å². The molecule has 2 fully saturated rings. The number of rotatable bonds is 4. The summed E-state index contributed by atoms with van der Waals surface area (Å²) >= 11 is 0. The number of piperidine rings is 1. The Bertz CT molecular complexity index is 673. The second-order valence-corrected chi connectivity index (χ2v) is 7.24. The fourth-order valence-corrected chi connectivity index (χ4v) is 3.97. The van der Waals surface area contributed by atoms with Gasteiger partial charge >= 0.3 is 0 Å². The maximum Gasteiger partial charge on any atom is 0.122 e. The predicted octanol–water partition coefficient (Wildman–Crippen LogP) is 1.54. The molecular weight excluding hydrogens is 314 g/mol. The standard InChI is InChI=1S/C19H27N5O/c1-22-9-7-21-19(22)15-23-8-4-17-13-24(10-11-25-18(17)14-23)12-16-2-5-20-6-3-16/h2-3,5-7,9,17-18H,4,8,10-15H2,1H3/t17-,18-/m0/s1. The normalized spacial score (nSPS) is 25.5. The van der Waals surface area contributed by atoms with Crippen LogP contribution in [0.15, 0.2) is 36.9 Å². The number of aromatic nitrogens is 3. The smallest absolute Gasteiger partial charge is 0.122 e. The molecule has 0 saturated carbocycles. The molecule has 0 amide bonds. The average molecular weight is 341 g/mol. The van der Waals surface area contributed by atoms with E-state index in [1.165, 1.54) is 12.0 Å². The first-order valence-electron chi connectivity index (χ1n) is 9.19. The Kier molecular flexibility index (Phi) is 5.10. The lowest BCUT2D eigenvalue weighted by Crippen LogP contribution is -2.46. The molecule has 2 aromatic heterocycles. The number of nitrogens with zero attached hydrogens (tertiary/aromatic N) is 5. The van der Waals surface area contributed by atoms with E-state index in [0.717, 1.165) is 51.7 Å². The molecular formula is C19H27N5O. The molecule has 0 spiro atoms. The maximum absolute atomic E-state index is 6.23. The zero-order valence-electron chi connectivity index (χ0n) is 14.9. The van der Waals surface area contributed by atoms with Crippen LogP contribution in [0.1, 0.15) is 17.8 Å². The number of pyridine rings is 1. The van der Waals surface area contributed by atoms with Gasteiger partial charge in [-0.05, 0) is 30.7 Å². The Morgan fingerprint density at radius 2 is 1.92 bits per heavy atom. The van der Waals surface area contributed by atoms with E-state index in [0.29, 0.717) is 12.0 Å². The van der Waals surface area contributed by atoms with Crippen LogP contribution < -0.4 is 0 Å². The van der Waals surface area contributed by atoms with Gasteiger partial charge in [-0.25, -0.2) is 4.98 Å². The van der Waals surface area contributed by atoms with E-state index < -0.39 is 0 Å². The Morgan fingerprint density at radius 1 is 1.08 bits per heavy atom. The van der Waals surface area contributed by atoms with Crippen molar-refractivity contribution >= 4 is 0 Å². The summed E-state index contributed by atoms with van der Waals surface area (Å²) in [5, 5.41) is 0. The molecule has 2 atom stereocenters. The Balaban J connectivity index is 1.34.